The molecule has 1 N–H and O–H groups in total. The molecule has 3 heterocycles. The van der Waals surface area contributed by atoms with Crippen LogP contribution in [0.15, 0.2) is 16.3 Å². The second-order valence-corrected chi connectivity index (χ2v) is 11.3. The van der Waals surface area contributed by atoms with Crippen LogP contribution in [0.2, 0.25) is 0 Å². The Balaban J connectivity index is 1.61. The van der Waals surface area contributed by atoms with E-state index < -0.39 is 21.7 Å². The lowest BCUT2D eigenvalue weighted by molar-refractivity contribution is 0.0473. The van der Waals surface area contributed by atoms with E-state index in [1.165, 1.54) is 21.7 Å². The number of hydrogen-bond donors (Lipinski definition) is 1. The highest BCUT2D eigenvalue weighted by Gasteiger charge is 2.34. The van der Waals surface area contributed by atoms with Crippen molar-refractivity contribution in [1.29, 1.82) is 0 Å². The van der Waals surface area contributed by atoms with Gasteiger partial charge in [0.1, 0.15) is 15.4 Å². The number of nitrogens with zero attached hydrogens (tertiary/aromatic N) is 2. The first-order valence-electron chi connectivity index (χ1n) is 9.94. The van der Waals surface area contributed by atoms with Gasteiger partial charge in [-0.2, -0.15) is 4.31 Å². The van der Waals surface area contributed by atoms with E-state index in [0.717, 1.165) is 12.8 Å². The molecule has 0 spiro atoms. The number of ether oxygens (including phenoxy) is 1. The van der Waals surface area contributed by atoms with Crippen molar-refractivity contribution in [1.82, 2.24) is 14.5 Å². The first-order valence-corrected chi connectivity index (χ1v) is 12.3. The fraction of sp³-hybridized carbons (Fsp3) is 0.684. The van der Waals surface area contributed by atoms with Gasteiger partial charge in [0, 0.05) is 32.2 Å². The molecule has 0 aliphatic carbocycles. The molecule has 0 unspecified atom stereocenters. The van der Waals surface area contributed by atoms with Crippen LogP contribution in [0.1, 0.15) is 56.1 Å². The third kappa shape index (κ3) is 5.29. The number of likely N-dealkylation sites (tertiary alicyclic amines) is 1. The second kappa shape index (κ2) is 8.61. The number of hydrogen-bond acceptors (Lipinski definition) is 6. The summed E-state index contributed by atoms with van der Waals surface area (Å²) in [6, 6.07) is 1.47. The van der Waals surface area contributed by atoms with Gasteiger partial charge < -0.3 is 15.0 Å². The fourth-order valence-corrected chi connectivity index (χ4v) is 6.45. The Morgan fingerprint density at radius 1 is 1.14 bits per heavy atom. The van der Waals surface area contributed by atoms with Crippen molar-refractivity contribution in [3.63, 3.8) is 0 Å². The summed E-state index contributed by atoms with van der Waals surface area (Å²) in [6.45, 7) is 7.36. The van der Waals surface area contributed by atoms with Crippen LogP contribution in [0, 0.1) is 0 Å². The monoisotopic (exact) mass is 443 g/mol. The van der Waals surface area contributed by atoms with Crippen molar-refractivity contribution in [3.05, 3.63) is 16.3 Å². The lowest BCUT2D eigenvalue weighted by Gasteiger charge is -2.33. The lowest BCUT2D eigenvalue weighted by atomic mass is 10.1. The summed E-state index contributed by atoms with van der Waals surface area (Å²) in [4.78, 5) is 27.0. The number of amides is 2. The third-order valence-electron chi connectivity index (χ3n) is 5.01. The molecule has 10 heteroatoms. The van der Waals surface area contributed by atoms with E-state index in [2.05, 4.69) is 5.32 Å². The summed E-state index contributed by atoms with van der Waals surface area (Å²) >= 11 is 1.17. The van der Waals surface area contributed by atoms with E-state index in [4.69, 9.17) is 4.74 Å². The van der Waals surface area contributed by atoms with E-state index >= 15 is 0 Å². The smallest absolute Gasteiger partial charge is 0.407 e. The van der Waals surface area contributed by atoms with Gasteiger partial charge in [-0.05, 0) is 57.9 Å². The maximum atomic E-state index is 13.0. The summed E-state index contributed by atoms with van der Waals surface area (Å²) in [6.07, 6.45) is 2.45. The molecule has 1 aromatic rings. The molecule has 0 aromatic carbocycles. The molecule has 0 bridgehead atoms. The van der Waals surface area contributed by atoms with Gasteiger partial charge in [0.15, 0.2) is 0 Å². The molecule has 3 rings (SSSR count). The minimum atomic E-state index is -3.63. The Kier molecular flexibility index (Phi) is 6.54. The van der Waals surface area contributed by atoms with Gasteiger partial charge in [0.2, 0.25) is 10.0 Å². The zero-order valence-corrected chi connectivity index (χ0v) is 18.8. The number of piperidine rings is 1. The quantitative estimate of drug-likeness (QED) is 0.772. The number of carbonyl (C=O) groups excluding carboxylic acids is 2. The van der Waals surface area contributed by atoms with Gasteiger partial charge in [0.25, 0.3) is 5.91 Å². The van der Waals surface area contributed by atoms with Crippen LogP contribution >= 0.6 is 11.3 Å². The molecule has 0 radical (unpaired) electrons. The molecule has 0 atom stereocenters. The average Bonchev–Trinajstić information content (AvgIpc) is 3.32. The first-order chi connectivity index (χ1) is 13.6. The van der Waals surface area contributed by atoms with E-state index in [-0.39, 0.29) is 21.7 Å². The highest BCUT2D eigenvalue weighted by atomic mass is 32.2. The first kappa shape index (κ1) is 22.0. The van der Waals surface area contributed by atoms with E-state index in [1.54, 1.807) is 10.3 Å². The van der Waals surface area contributed by atoms with Crippen molar-refractivity contribution >= 4 is 33.4 Å². The van der Waals surface area contributed by atoms with Gasteiger partial charge in [0.05, 0.1) is 0 Å². The van der Waals surface area contributed by atoms with Gasteiger partial charge in [-0.3, -0.25) is 4.79 Å². The summed E-state index contributed by atoms with van der Waals surface area (Å²) in [5, 5.41) is 4.50. The second-order valence-electron chi connectivity index (χ2n) is 8.44. The van der Waals surface area contributed by atoms with Crippen molar-refractivity contribution in [3.8, 4) is 0 Å². The van der Waals surface area contributed by atoms with Crippen LogP contribution in [0.5, 0.6) is 0 Å². The molecule has 2 amide bonds. The maximum Gasteiger partial charge on any atom is 0.407 e. The van der Waals surface area contributed by atoms with Gasteiger partial charge >= 0.3 is 6.09 Å². The summed E-state index contributed by atoms with van der Waals surface area (Å²) < 4.78 is 32.5. The van der Waals surface area contributed by atoms with Gasteiger partial charge in [-0.1, -0.05) is 0 Å². The number of alkyl carbamates (subject to hydrolysis) is 1. The number of nitrogens with one attached hydrogen (secondary N) is 1. The SMILES string of the molecule is CC(C)(C)OC(=O)NC1CCN(C(=O)c2sccc2S(=O)(=O)N2CCCC2)CC1. The van der Waals surface area contributed by atoms with Crippen LogP contribution < -0.4 is 5.32 Å². The molecular formula is C19H29N3O5S2. The summed E-state index contributed by atoms with van der Waals surface area (Å²) in [5.74, 6) is -0.256. The van der Waals surface area contributed by atoms with Crippen LogP contribution in [-0.2, 0) is 14.8 Å². The molecule has 2 fully saturated rings. The van der Waals surface area contributed by atoms with Gasteiger partial charge in [-0.25, -0.2) is 13.2 Å². The molecule has 2 saturated heterocycles. The predicted octanol–water partition coefficient (Wildman–Crippen LogP) is 2.66. The van der Waals surface area contributed by atoms with Crippen LogP contribution in [-0.4, -0.2) is 67.4 Å². The Labute approximate surface area is 176 Å². The molecular weight excluding hydrogens is 414 g/mol. The fourth-order valence-electron chi connectivity index (χ4n) is 3.57. The Morgan fingerprint density at radius 2 is 1.76 bits per heavy atom. The van der Waals surface area contributed by atoms with Crippen molar-refractivity contribution in [2.75, 3.05) is 26.2 Å². The van der Waals surface area contributed by atoms with Crippen molar-refractivity contribution in [2.24, 2.45) is 0 Å². The topological polar surface area (TPSA) is 96.0 Å². The molecule has 29 heavy (non-hydrogen) atoms. The average molecular weight is 444 g/mol. The number of thiophene rings is 1. The predicted molar refractivity (Wildman–Crippen MR) is 111 cm³/mol. The standard InChI is InChI=1S/C19H29N3O5S2/c1-19(2,3)27-18(24)20-14-6-11-21(12-7-14)17(23)16-15(8-13-28-16)29(25,26)22-9-4-5-10-22/h8,13-14H,4-7,9-12H2,1-3H3,(H,20,24). The minimum Gasteiger partial charge on any atom is -0.444 e. The van der Waals surface area contributed by atoms with E-state index in [9.17, 15) is 18.0 Å². The number of rotatable bonds is 4. The summed E-state index contributed by atoms with van der Waals surface area (Å²) in [7, 11) is -3.63. The Bertz CT molecular complexity index is 845. The molecule has 2 aliphatic rings. The van der Waals surface area contributed by atoms with Crippen LogP contribution in [0.25, 0.3) is 0 Å². The normalized spacial score (nSPS) is 19.3. The minimum absolute atomic E-state index is 0.0648. The van der Waals surface area contributed by atoms with Gasteiger partial charge in [-0.15, -0.1) is 11.3 Å². The van der Waals surface area contributed by atoms with Crippen LogP contribution in [0.4, 0.5) is 4.79 Å². The zero-order valence-electron chi connectivity index (χ0n) is 17.1. The van der Waals surface area contributed by atoms with Crippen molar-refractivity contribution in [2.45, 2.75) is 63.0 Å². The molecule has 8 nitrogen and oxygen atoms in total. The van der Waals surface area contributed by atoms with Crippen LogP contribution in [0.3, 0.4) is 0 Å². The lowest BCUT2D eigenvalue weighted by Crippen LogP contribution is -2.47. The molecule has 0 saturated carbocycles. The van der Waals surface area contributed by atoms with E-state index in [1.807, 2.05) is 20.8 Å². The third-order valence-corrected chi connectivity index (χ3v) is 7.98. The molecule has 162 valence electrons. The Morgan fingerprint density at radius 3 is 2.34 bits per heavy atom. The number of carbonyl (C=O) groups is 2. The van der Waals surface area contributed by atoms with Crippen molar-refractivity contribution < 1.29 is 22.7 Å². The highest BCUT2D eigenvalue weighted by molar-refractivity contribution is 7.89. The number of sulfonamides is 1. The molecule has 1 aromatic heterocycles. The molecule has 2 aliphatic heterocycles. The maximum absolute atomic E-state index is 13.0. The largest absolute Gasteiger partial charge is 0.444 e. The summed E-state index contributed by atoms with van der Waals surface area (Å²) in [5.41, 5.74) is -0.558. The zero-order chi connectivity index (χ0) is 21.2. The highest BCUT2D eigenvalue weighted by Crippen LogP contribution is 2.29. The Hall–Kier alpha value is -1.65. The van der Waals surface area contributed by atoms with E-state index in [0.29, 0.717) is 39.0 Å².